The molecule has 1 aliphatic heterocycles. The van der Waals surface area contributed by atoms with E-state index in [0.717, 1.165) is 30.1 Å². The molecule has 23 heavy (non-hydrogen) atoms. The van der Waals surface area contributed by atoms with Gasteiger partial charge in [-0.3, -0.25) is 14.7 Å². The molecule has 2 aromatic heterocycles. The monoisotopic (exact) mass is 331 g/mol. The summed E-state index contributed by atoms with van der Waals surface area (Å²) in [7, 11) is 0. The summed E-state index contributed by atoms with van der Waals surface area (Å²) < 4.78 is 0. The number of aromatic nitrogens is 2. The van der Waals surface area contributed by atoms with Crippen molar-refractivity contribution in [1.82, 2.24) is 20.2 Å². The van der Waals surface area contributed by atoms with Crippen molar-refractivity contribution in [3.05, 3.63) is 30.1 Å². The van der Waals surface area contributed by atoms with Crippen molar-refractivity contribution in [2.75, 3.05) is 25.4 Å². The van der Waals surface area contributed by atoms with Crippen molar-refractivity contribution in [2.24, 2.45) is 0 Å². The van der Waals surface area contributed by atoms with Gasteiger partial charge in [-0.1, -0.05) is 24.3 Å². The molecule has 3 heterocycles. The smallest absolute Gasteiger partial charge is 0.271 e. The van der Waals surface area contributed by atoms with E-state index in [1.165, 1.54) is 17.8 Å². The van der Waals surface area contributed by atoms with Gasteiger partial charge in [-0.05, 0) is 38.1 Å². The van der Waals surface area contributed by atoms with Gasteiger partial charge in [-0.15, -0.1) is 0 Å². The van der Waals surface area contributed by atoms with Crippen LogP contribution >= 0.6 is 11.3 Å². The average molecular weight is 331 g/mol. The van der Waals surface area contributed by atoms with Gasteiger partial charge in [0.15, 0.2) is 10.8 Å². The van der Waals surface area contributed by atoms with Gasteiger partial charge in [-0.25, -0.2) is 4.98 Å². The zero-order valence-corrected chi connectivity index (χ0v) is 14.0. The Morgan fingerprint density at radius 2 is 2.39 bits per heavy atom. The molecule has 0 radical (unpaired) electrons. The third-order valence-corrected chi connectivity index (χ3v) is 5.07. The lowest BCUT2D eigenvalue weighted by Crippen LogP contribution is -2.40. The van der Waals surface area contributed by atoms with E-state index in [1.54, 1.807) is 6.20 Å². The van der Waals surface area contributed by atoms with Crippen LogP contribution in [-0.2, 0) is 0 Å². The SMILES string of the molecule is CCN1CCCC1CNC(=O)c1nc(N)sc1-c1ccccn1. The predicted molar refractivity (Wildman–Crippen MR) is 92.4 cm³/mol. The summed E-state index contributed by atoms with van der Waals surface area (Å²) >= 11 is 1.29. The van der Waals surface area contributed by atoms with Crippen LogP contribution in [0.15, 0.2) is 24.4 Å². The second kappa shape index (κ2) is 7.06. The number of thiazole rings is 1. The van der Waals surface area contributed by atoms with Gasteiger partial charge in [0, 0.05) is 18.8 Å². The van der Waals surface area contributed by atoms with Gasteiger partial charge in [0.1, 0.15) is 0 Å². The molecule has 1 unspecified atom stereocenters. The number of nitrogens with two attached hydrogens (primary N) is 1. The Labute approximate surface area is 139 Å². The van der Waals surface area contributed by atoms with Crippen LogP contribution < -0.4 is 11.1 Å². The fourth-order valence-corrected chi connectivity index (χ4v) is 3.80. The van der Waals surface area contributed by atoms with E-state index < -0.39 is 0 Å². The zero-order valence-electron chi connectivity index (χ0n) is 13.2. The maximum absolute atomic E-state index is 12.5. The zero-order chi connectivity index (χ0) is 16.2. The molecule has 3 N–H and O–H groups in total. The number of nitrogens with zero attached hydrogens (tertiary/aromatic N) is 3. The van der Waals surface area contributed by atoms with Crippen LogP contribution in [0.4, 0.5) is 5.13 Å². The van der Waals surface area contributed by atoms with E-state index in [0.29, 0.717) is 23.4 Å². The quantitative estimate of drug-likeness (QED) is 0.875. The fraction of sp³-hybridized carbons (Fsp3) is 0.438. The largest absolute Gasteiger partial charge is 0.375 e. The predicted octanol–water partition coefficient (Wildman–Crippen LogP) is 2.00. The summed E-state index contributed by atoms with van der Waals surface area (Å²) in [6.45, 7) is 4.93. The molecule has 0 aliphatic carbocycles. The molecule has 1 aliphatic rings. The minimum atomic E-state index is -0.179. The Bertz CT molecular complexity index is 672. The maximum Gasteiger partial charge on any atom is 0.271 e. The number of carbonyl (C=O) groups excluding carboxylic acids is 1. The Balaban J connectivity index is 1.73. The number of nitrogens with one attached hydrogen (secondary N) is 1. The summed E-state index contributed by atoms with van der Waals surface area (Å²) in [5, 5.41) is 3.39. The normalized spacial score (nSPS) is 18.2. The number of pyridine rings is 1. The number of amides is 1. The third kappa shape index (κ3) is 3.51. The molecule has 1 saturated heterocycles. The highest BCUT2D eigenvalue weighted by atomic mass is 32.1. The van der Waals surface area contributed by atoms with Crippen LogP contribution in [0.2, 0.25) is 0 Å². The number of likely N-dealkylation sites (N-methyl/N-ethyl adjacent to an activating group) is 1. The van der Waals surface area contributed by atoms with Crippen molar-refractivity contribution in [2.45, 2.75) is 25.8 Å². The molecule has 2 aromatic rings. The molecule has 7 heteroatoms. The van der Waals surface area contributed by atoms with Gasteiger partial charge in [0.05, 0.1) is 10.6 Å². The van der Waals surface area contributed by atoms with Crippen molar-refractivity contribution < 1.29 is 4.79 Å². The molecular formula is C16H21N5OS. The number of carbonyl (C=O) groups is 1. The first-order valence-electron chi connectivity index (χ1n) is 7.89. The lowest BCUT2D eigenvalue weighted by atomic mass is 10.2. The highest BCUT2D eigenvalue weighted by Crippen LogP contribution is 2.30. The first-order valence-corrected chi connectivity index (χ1v) is 8.70. The number of rotatable bonds is 5. The summed E-state index contributed by atoms with van der Waals surface area (Å²) in [4.78, 5) is 24.2. The number of hydrogen-bond donors (Lipinski definition) is 2. The Morgan fingerprint density at radius 1 is 1.52 bits per heavy atom. The van der Waals surface area contributed by atoms with Crippen LogP contribution in [0, 0.1) is 0 Å². The lowest BCUT2D eigenvalue weighted by molar-refractivity contribution is 0.0938. The second-order valence-electron chi connectivity index (χ2n) is 5.58. The maximum atomic E-state index is 12.5. The van der Waals surface area contributed by atoms with Crippen LogP contribution in [-0.4, -0.2) is 46.5 Å². The summed E-state index contributed by atoms with van der Waals surface area (Å²) in [6.07, 6.45) is 4.02. The van der Waals surface area contributed by atoms with E-state index in [4.69, 9.17) is 5.73 Å². The minimum absolute atomic E-state index is 0.179. The van der Waals surface area contributed by atoms with E-state index in [2.05, 4.69) is 27.1 Å². The molecular weight excluding hydrogens is 310 g/mol. The van der Waals surface area contributed by atoms with E-state index >= 15 is 0 Å². The molecule has 0 bridgehead atoms. The van der Waals surface area contributed by atoms with Crippen LogP contribution in [0.3, 0.4) is 0 Å². The molecule has 3 rings (SSSR count). The van der Waals surface area contributed by atoms with Gasteiger partial charge in [0.2, 0.25) is 0 Å². The number of nitrogen functional groups attached to an aromatic ring is 1. The molecule has 0 aromatic carbocycles. The molecule has 1 amide bonds. The summed E-state index contributed by atoms with van der Waals surface area (Å²) in [6, 6.07) is 6.00. The third-order valence-electron chi connectivity index (χ3n) is 4.16. The molecule has 122 valence electrons. The summed E-state index contributed by atoms with van der Waals surface area (Å²) in [5.41, 5.74) is 6.90. The highest BCUT2D eigenvalue weighted by molar-refractivity contribution is 7.19. The van der Waals surface area contributed by atoms with E-state index in [9.17, 15) is 4.79 Å². The van der Waals surface area contributed by atoms with Gasteiger partial charge >= 0.3 is 0 Å². The van der Waals surface area contributed by atoms with Crippen molar-refractivity contribution in [3.8, 4) is 10.6 Å². The topological polar surface area (TPSA) is 84.1 Å². The van der Waals surface area contributed by atoms with Crippen LogP contribution in [0.1, 0.15) is 30.3 Å². The molecule has 6 nitrogen and oxygen atoms in total. The molecule has 0 spiro atoms. The Hall–Kier alpha value is -1.99. The highest BCUT2D eigenvalue weighted by Gasteiger charge is 2.25. The van der Waals surface area contributed by atoms with Gasteiger partial charge < -0.3 is 11.1 Å². The number of anilines is 1. The average Bonchev–Trinajstić information content (AvgIpc) is 3.19. The van der Waals surface area contributed by atoms with E-state index in [-0.39, 0.29) is 5.91 Å². The number of hydrogen-bond acceptors (Lipinski definition) is 6. The second-order valence-corrected chi connectivity index (χ2v) is 6.61. The Kier molecular flexibility index (Phi) is 4.88. The molecule has 1 atom stereocenters. The van der Waals surface area contributed by atoms with Crippen molar-refractivity contribution in [3.63, 3.8) is 0 Å². The first-order chi connectivity index (χ1) is 11.2. The molecule has 1 fully saturated rings. The standard InChI is InChI=1S/C16H21N5OS/c1-2-21-9-5-6-11(21)10-19-15(22)13-14(23-16(17)20-13)12-7-3-4-8-18-12/h3-4,7-8,11H,2,5-6,9-10H2,1H3,(H2,17,20)(H,19,22). The van der Waals surface area contributed by atoms with Gasteiger partial charge in [0.25, 0.3) is 5.91 Å². The molecule has 0 saturated carbocycles. The van der Waals surface area contributed by atoms with Crippen molar-refractivity contribution in [1.29, 1.82) is 0 Å². The number of likely N-dealkylation sites (tertiary alicyclic amines) is 1. The van der Waals surface area contributed by atoms with Crippen LogP contribution in [0.5, 0.6) is 0 Å². The van der Waals surface area contributed by atoms with Gasteiger partial charge in [-0.2, -0.15) is 0 Å². The fourth-order valence-electron chi connectivity index (χ4n) is 3.00. The minimum Gasteiger partial charge on any atom is -0.375 e. The van der Waals surface area contributed by atoms with Crippen LogP contribution in [0.25, 0.3) is 10.6 Å². The summed E-state index contributed by atoms with van der Waals surface area (Å²) in [5.74, 6) is -0.179. The lowest BCUT2D eigenvalue weighted by Gasteiger charge is -2.22. The van der Waals surface area contributed by atoms with Crippen molar-refractivity contribution >= 4 is 22.4 Å². The Morgan fingerprint density at radius 3 is 3.13 bits per heavy atom. The first kappa shape index (κ1) is 15.9. The van der Waals surface area contributed by atoms with E-state index in [1.807, 2.05) is 18.2 Å².